The molecule has 1 N–H and O–H groups in total. The van der Waals surface area contributed by atoms with Crippen molar-refractivity contribution in [2.75, 3.05) is 18.2 Å². The molecule has 3 aromatic rings. The van der Waals surface area contributed by atoms with Crippen LogP contribution in [0.25, 0.3) is 11.1 Å². The predicted octanol–water partition coefficient (Wildman–Crippen LogP) is 3.98. The van der Waals surface area contributed by atoms with Gasteiger partial charge in [0, 0.05) is 18.9 Å². The van der Waals surface area contributed by atoms with Crippen LogP contribution in [-0.4, -0.2) is 40.0 Å². The van der Waals surface area contributed by atoms with Crippen molar-refractivity contribution in [2.45, 2.75) is 32.1 Å². The number of aromatic nitrogens is 2. The van der Waals surface area contributed by atoms with E-state index in [-0.39, 0.29) is 18.2 Å². The van der Waals surface area contributed by atoms with Crippen molar-refractivity contribution >= 4 is 12.1 Å². The summed E-state index contributed by atoms with van der Waals surface area (Å²) >= 11 is 0. The van der Waals surface area contributed by atoms with E-state index in [4.69, 9.17) is 4.74 Å². The van der Waals surface area contributed by atoms with E-state index in [2.05, 4.69) is 29.2 Å². The van der Waals surface area contributed by atoms with Crippen LogP contribution in [0.1, 0.15) is 52.4 Å². The third-order valence-electron chi connectivity index (χ3n) is 6.11. The molecular weight excluding hydrogens is 394 g/mol. The summed E-state index contributed by atoms with van der Waals surface area (Å²) in [7, 11) is 0. The third kappa shape index (κ3) is 3.08. The molecule has 1 aromatic heterocycles. The van der Waals surface area contributed by atoms with Crippen LogP contribution in [0.2, 0.25) is 0 Å². The average Bonchev–Trinajstić information content (AvgIpc) is 3.33. The third-order valence-corrected chi connectivity index (χ3v) is 6.11. The Kier molecular flexibility index (Phi) is 4.73. The number of hydrogen-bond donors (Lipinski definition) is 1. The van der Waals surface area contributed by atoms with Crippen molar-refractivity contribution in [2.24, 2.45) is 0 Å². The van der Waals surface area contributed by atoms with E-state index in [0.717, 1.165) is 11.1 Å². The molecule has 0 unspecified atom stereocenters. The van der Waals surface area contributed by atoms with Crippen LogP contribution < -0.4 is 5.01 Å². The monoisotopic (exact) mass is 417 g/mol. The lowest BCUT2D eigenvalue weighted by molar-refractivity contribution is 0.0689. The lowest BCUT2D eigenvalue weighted by Crippen LogP contribution is -2.46. The number of imidazole rings is 1. The molecule has 1 aliphatic heterocycles. The van der Waals surface area contributed by atoms with Crippen LogP contribution in [0.4, 0.5) is 4.79 Å². The first kappa shape index (κ1) is 19.4. The number of nitrogens with zero attached hydrogens (tertiary/aromatic N) is 3. The first-order valence-corrected chi connectivity index (χ1v) is 10.6. The molecule has 2 aromatic carbocycles. The van der Waals surface area contributed by atoms with E-state index < -0.39 is 12.1 Å². The van der Waals surface area contributed by atoms with E-state index in [0.29, 0.717) is 37.3 Å². The Morgan fingerprint density at radius 2 is 1.74 bits per heavy atom. The van der Waals surface area contributed by atoms with Crippen LogP contribution in [0, 0.1) is 0 Å². The molecule has 31 heavy (non-hydrogen) atoms. The molecular formula is C24H23N3O4. The Bertz CT molecular complexity index is 1140. The number of carbonyl (C=O) groups excluding carboxylic acids is 1. The molecule has 2 aliphatic rings. The molecule has 0 spiro atoms. The van der Waals surface area contributed by atoms with E-state index in [1.54, 1.807) is 4.68 Å². The highest BCUT2D eigenvalue weighted by molar-refractivity contribution is 5.88. The Balaban J connectivity index is 1.41. The highest BCUT2D eigenvalue weighted by atomic mass is 16.6. The Labute approximate surface area is 179 Å². The number of aryl methyl sites for hydroxylation is 1. The Morgan fingerprint density at radius 1 is 1.10 bits per heavy atom. The number of carbonyl (C=O) groups is 2. The van der Waals surface area contributed by atoms with Gasteiger partial charge in [-0.2, -0.15) is 0 Å². The van der Waals surface area contributed by atoms with Crippen molar-refractivity contribution in [3.05, 3.63) is 76.9 Å². The second kappa shape index (κ2) is 7.58. The second-order valence-electron chi connectivity index (χ2n) is 7.82. The molecule has 1 amide bonds. The Morgan fingerprint density at radius 3 is 2.35 bits per heavy atom. The molecule has 158 valence electrons. The minimum atomic E-state index is -1.08. The van der Waals surface area contributed by atoms with E-state index >= 15 is 0 Å². The maximum atomic E-state index is 13.1. The number of carboxylic acid groups (broad SMARTS) is 1. The minimum Gasteiger partial charge on any atom is -0.476 e. The highest BCUT2D eigenvalue weighted by Gasteiger charge is 2.33. The summed E-state index contributed by atoms with van der Waals surface area (Å²) in [6, 6.07) is 16.4. The number of carboxylic acids is 1. The molecule has 2 heterocycles. The number of rotatable bonds is 4. The van der Waals surface area contributed by atoms with Crippen molar-refractivity contribution in [1.29, 1.82) is 0 Å². The zero-order chi connectivity index (χ0) is 21.5. The molecule has 7 heteroatoms. The molecule has 0 atom stereocenters. The second-order valence-corrected chi connectivity index (χ2v) is 7.82. The normalized spacial score (nSPS) is 14.7. The highest BCUT2D eigenvalue weighted by Crippen LogP contribution is 2.44. The first-order chi connectivity index (χ1) is 15.1. The molecule has 0 saturated heterocycles. The maximum absolute atomic E-state index is 13.1. The summed E-state index contributed by atoms with van der Waals surface area (Å²) in [4.78, 5) is 29.0. The summed E-state index contributed by atoms with van der Waals surface area (Å²) in [5.74, 6) is -0.510. The molecule has 0 bridgehead atoms. The predicted molar refractivity (Wildman–Crippen MR) is 115 cm³/mol. The number of benzene rings is 2. The molecule has 1 aliphatic carbocycles. The quantitative estimate of drug-likeness (QED) is 0.694. The van der Waals surface area contributed by atoms with Gasteiger partial charge in [-0.3, -0.25) is 0 Å². The van der Waals surface area contributed by atoms with Crippen molar-refractivity contribution < 1.29 is 19.4 Å². The van der Waals surface area contributed by atoms with Crippen LogP contribution in [0.5, 0.6) is 0 Å². The minimum absolute atomic E-state index is 0.0100. The van der Waals surface area contributed by atoms with Gasteiger partial charge in [0.25, 0.3) is 0 Å². The number of amides is 1. The van der Waals surface area contributed by atoms with Gasteiger partial charge in [-0.05, 0) is 35.1 Å². The Hall–Kier alpha value is -3.61. The van der Waals surface area contributed by atoms with Gasteiger partial charge in [0.05, 0.1) is 5.69 Å². The fraction of sp³-hybridized carbons (Fsp3) is 0.292. The standard InChI is InChI=1S/C24H23N3O4/c1-2-20-22(23(28)29)25-21-12-7-13-26(27(20)21)24(30)31-14-19-17-10-5-3-8-15(17)16-9-4-6-11-18(16)19/h3-6,8-11,19H,2,7,12-14H2,1H3,(H,28,29). The molecule has 0 saturated carbocycles. The molecule has 0 fully saturated rings. The van der Waals surface area contributed by atoms with Gasteiger partial charge in [-0.1, -0.05) is 55.5 Å². The smallest absolute Gasteiger partial charge is 0.429 e. The van der Waals surface area contributed by atoms with Crippen molar-refractivity contribution in [3.8, 4) is 11.1 Å². The fourth-order valence-electron chi connectivity index (χ4n) is 4.76. The number of ether oxygens (including phenoxy) is 1. The first-order valence-electron chi connectivity index (χ1n) is 10.6. The molecule has 7 nitrogen and oxygen atoms in total. The van der Waals surface area contributed by atoms with Gasteiger partial charge in [0.15, 0.2) is 5.69 Å². The van der Waals surface area contributed by atoms with E-state index in [1.807, 2.05) is 31.2 Å². The number of hydrogen-bond acceptors (Lipinski definition) is 4. The number of fused-ring (bicyclic) bond motifs is 4. The van der Waals surface area contributed by atoms with Crippen LogP contribution in [-0.2, 0) is 17.6 Å². The summed E-state index contributed by atoms with van der Waals surface area (Å²) in [6.07, 6.45) is 1.32. The van der Waals surface area contributed by atoms with Gasteiger partial charge < -0.3 is 9.84 Å². The lowest BCUT2D eigenvalue weighted by Gasteiger charge is -2.30. The van der Waals surface area contributed by atoms with Gasteiger partial charge in [-0.15, -0.1) is 0 Å². The van der Waals surface area contributed by atoms with E-state index in [9.17, 15) is 14.7 Å². The van der Waals surface area contributed by atoms with Crippen molar-refractivity contribution in [1.82, 2.24) is 9.66 Å². The SMILES string of the molecule is CCc1c(C(=O)O)nc2n1N(C(=O)OCC1c3ccccc3-c3ccccc31)CCC2. The van der Waals surface area contributed by atoms with Crippen LogP contribution in [0.15, 0.2) is 48.5 Å². The van der Waals surface area contributed by atoms with Gasteiger partial charge in [-0.25, -0.2) is 24.3 Å². The van der Waals surface area contributed by atoms with Crippen LogP contribution in [0.3, 0.4) is 0 Å². The lowest BCUT2D eigenvalue weighted by atomic mass is 9.98. The zero-order valence-electron chi connectivity index (χ0n) is 17.2. The summed E-state index contributed by atoms with van der Waals surface area (Å²) < 4.78 is 7.44. The summed E-state index contributed by atoms with van der Waals surface area (Å²) in [6.45, 7) is 2.55. The van der Waals surface area contributed by atoms with Gasteiger partial charge >= 0.3 is 12.1 Å². The summed E-state index contributed by atoms with van der Waals surface area (Å²) in [5, 5.41) is 11.0. The number of aromatic carboxylic acids is 1. The van der Waals surface area contributed by atoms with E-state index in [1.165, 1.54) is 16.1 Å². The van der Waals surface area contributed by atoms with Crippen LogP contribution >= 0.6 is 0 Å². The average molecular weight is 417 g/mol. The van der Waals surface area contributed by atoms with Gasteiger partial charge in [0.2, 0.25) is 0 Å². The largest absolute Gasteiger partial charge is 0.476 e. The molecule has 5 rings (SSSR count). The maximum Gasteiger partial charge on any atom is 0.429 e. The zero-order valence-corrected chi connectivity index (χ0v) is 17.2. The van der Waals surface area contributed by atoms with Gasteiger partial charge in [0.1, 0.15) is 12.4 Å². The fourth-order valence-corrected chi connectivity index (χ4v) is 4.76. The molecule has 0 radical (unpaired) electrons. The summed E-state index contributed by atoms with van der Waals surface area (Å²) in [5.41, 5.74) is 5.19. The topological polar surface area (TPSA) is 84.7 Å². The van der Waals surface area contributed by atoms with Crippen molar-refractivity contribution in [3.63, 3.8) is 0 Å².